The molecule has 4 heteroatoms. The molecule has 2 nitrogen and oxygen atoms in total. The second-order valence-corrected chi connectivity index (χ2v) is 7.39. The smallest absolute Gasteiger partial charge is 0.119 e. The van der Waals surface area contributed by atoms with Crippen molar-refractivity contribution in [1.82, 2.24) is 5.32 Å². The van der Waals surface area contributed by atoms with E-state index >= 15 is 0 Å². The van der Waals surface area contributed by atoms with Crippen molar-refractivity contribution in [1.29, 1.82) is 0 Å². The lowest BCUT2D eigenvalue weighted by molar-refractivity contribution is 0.415. The molecule has 112 valence electrons. The predicted octanol–water partition coefficient (Wildman–Crippen LogP) is 5.25. The van der Waals surface area contributed by atoms with Crippen molar-refractivity contribution in [2.75, 3.05) is 13.7 Å². The summed E-state index contributed by atoms with van der Waals surface area (Å²) in [6, 6.07) is 11.2. The van der Waals surface area contributed by atoms with Crippen LogP contribution in [0.3, 0.4) is 0 Å². The molecular weight excluding hydrogens is 346 g/mol. The molecule has 1 heterocycles. The van der Waals surface area contributed by atoms with Crippen LogP contribution in [0.1, 0.15) is 30.7 Å². The summed E-state index contributed by atoms with van der Waals surface area (Å²) in [5.74, 6) is 1.72. The van der Waals surface area contributed by atoms with E-state index in [0.29, 0.717) is 6.04 Å². The molecule has 1 aromatic heterocycles. The van der Waals surface area contributed by atoms with Gasteiger partial charge in [0.2, 0.25) is 0 Å². The number of hydrogen-bond donors (Lipinski definition) is 1. The van der Waals surface area contributed by atoms with Crippen LogP contribution in [0.5, 0.6) is 5.75 Å². The molecule has 1 aliphatic carbocycles. The molecule has 1 fully saturated rings. The summed E-state index contributed by atoms with van der Waals surface area (Å²) < 4.78 is 6.46. The third kappa shape index (κ3) is 3.33. The fourth-order valence-corrected chi connectivity index (χ4v) is 4.43. The van der Waals surface area contributed by atoms with Crippen molar-refractivity contribution < 1.29 is 4.74 Å². The highest BCUT2D eigenvalue weighted by Crippen LogP contribution is 2.45. The van der Waals surface area contributed by atoms with Gasteiger partial charge in [-0.05, 0) is 55.6 Å². The summed E-state index contributed by atoms with van der Waals surface area (Å²) in [4.78, 5) is 2.74. The quantitative estimate of drug-likeness (QED) is 0.754. The minimum absolute atomic E-state index is 0.526. The molecule has 0 bridgehead atoms. The van der Waals surface area contributed by atoms with Gasteiger partial charge in [-0.2, -0.15) is 0 Å². The molecule has 0 radical (unpaired) electrons. The SMILES string of the molecule is CCNC(c1ccc(-c2cc(OC)ccc2Br)s1)C1CC1. The van der Waals surface area contributed by atoms with Gasteiger partial charge < -0.3 is 10.1 Å². The molecule has 1 atom stereocenters. The van der Waals surface area contributed by atoms with E-state index in [1.54, 1.807) is 7.11 Å². The monoisotopic (exact) mass is 365 g/mol. The van der Waals surface area contributed by atoms with Gasteiger partial charge in [-0.1, -0.05) is 22.9 Å². The van der Waals surface area contributed by atoms with Gasteiger partial charge in [0.15, 0.2) is 0 Å². The predicted molar refractivity (Wildman–Crippen MR) is 93.1 cm³/mol. The van der Waals surface area contributed by atoms with Crippen molar-refractivity contribution in [2.24, 2.45) is 5.92 Å². The van der Waals surface area contributed by atoms with Gasteiger partial charge in [0.1, 0.15) is 5.75 Å². The molecule has 1 N–H and O–H groups in total. The van der Waals surface area contributed by atoms with E-state index in [1.165, 1.54) is 28.2 Å². The van der Waals surface area contributed by atoms with Crippen molar-refractivity contribution in [2.45, 2.75) is 25.8 Å². The Morgan fingerprint density at radius 3 is 2.81 bits per heavy atom. The van der Waals surface area contributed by atoms with E-state index in [4.69, 9.17) is 4.74 Å². The van der Waals surface area contributed by atoms with E-state index in [2.05, 4.69) is 52.4 Å². The van der Waals surface area contributed by atoms with Gasteiger partial charge in [-0.3, -0.25) is 0 Å². The maximum Gasteiger partial charge on any atom is 0.119 e. The van der Waals surface area contributed by atoms with Gasteiger partial charge in [0.25, 0.3) is 0 Å². The molecule has 1 aromatic carbocycles. The number of hydrogen-bond acceptors (Lipinski definition) is 3. The molecule has 0 spiro atoms. The molecule has 1 aliphatic rings. The number of halogens is 1. The van der Waals surface area contributed by atoms with Crippen LogP contribution in [-0.4, -0.2) is 13.7 Å². The molecule has 0 aliphatic heterocycles. The molecule has 1 unspecified atom stereocenters. The number of ether oxygens (including phenoxy) is 1. The summed E-state index contributed by atoms with van der Waals surface area (Å²) in [6.45, 7) is 3.21. The highest BCUT2D eigenvalue weighted by Gasteiger charge is 2.32. The van der Waals surface area contributed by atoms with E-state index < -0.39 is 0 Å². The first-order valence-corrected chi connectivity index (χ1v) is 9.01. The number of methoxy groups -OCH3 is 1. The average Bonchev–Trinajstić information content (AvgIpc) is 3.22. The van der Waals surface area contributed by atoms with Crippen molar-refractivity contribution in [3.05, 3.63) is 39.7 Å². The molecule has 1 saturated carbocycles. The third-order valence-corrected chi connectivity index (χ3v) is 5.78. The summed E-state index contributed by atoms with van der Waals surface area (Å²) >= 11 is 5.54. The Labute approximate surface area is 138 Å². The van der Waals surface area contributed by atoms with Gasteiger partial charge in [0.05, 0.1) is 7.11 Å². The number of nitrogens with one attached hydrogen (secondary N) is 1. The second-order valence-electron chi connectivity index (χ2n) is 5.42. The highest BCUT2D eigenvalue weighted by atomic mass is 79.9. The standard InChI is InChI=1S/C17H20BrNOS/c1-3-19-17(11-4-5-11)16-9-8-15(21-16)13-10-12(20-2)6-7-14(13)18/h6-11,17,19H,3-5H2,1-2H3. The molecule has 3 rings (SSSR count). The van der Waals surface area contributed by atoms with Crippen LogP contribution in [0.25, 0.3) is 10.4 Å². The van der Waals surface area contributed by atoms with Crippen LogP contribution < -0.4 is 10.1 Å². The lowest BCUT2D eigenvalue weighted by Gasteiger charge is -2.15. The van der Waals surface area contributed by atoms with E-state index in [9.17, 15) is 0 Å². The van der Waals surface area contributed by atoms with Crippen LogP contribution in [0.4, 0.5) is 0 Å². The zero-order chi connectivity index (χ0) is 14.8. The first-order chi connectivity index (χ1) is 10.2. The van der Waals surface area contributed by atoms with E-state index in [0.717, 1.165) is 22.7 Å². The number of thiophene rings is 1. The van der Waals surface area contributed by atoms with E-state index in [1.807, 2.05) is 17.4 Å². The van der Waals surface area contributed by atoms with Gasteiger partial charge in [-0.15, -0.1) is 11.3 Å². The number of rotatable bonds is 6. The summed E-state index contributed by atoms with van der Waals surface area (Å²) in [7, 11) is 1.71. The Hall–Kier alpha value is -0.840. The number of benzene rings is 1. The van der Waals surface area contributed by atoms with Crippen LogP contribution in [0.15, 0.2) is 34.8 Å². The normalized spacial score (nSPS) is 16.0. The Balaban J connectivity index is 1.90. The molecule has 0 amide bonds. The second kappa shape index (κ2) is 6.51. The Kier molecular flexibility index (Phi) is 4.67. The van der Waals surface area contributed by atoms with Crippen molar-refractivity contribution in [3.8, 4) is 16.2 Å². The molecule has 0 saturated heterocycles. The van der Waals surface area contributed by atoms with E-state index in [-0.39, 0.29) is 0 Å². The van der Waals surface area contributed by atoms with Crippen molar-refractivity contribution in [3.63, 3.8) is 0 Å². The van der Waals surface area contributed by atoms with Gasteiger partial charge in [-0.25, -0.2) is 0 Å². The summed E-state index contributed by atoms with van der Waals surface area (Å²) in [5, 5.41) is 3.64. The fourth-order valence-electron chi connectivity index (χ4n) is 2.63. The molecule has 2 aromatic rings. The first-order valence-electron chi connectivity index (χ1n) is 7.40. The van der Waals surface area contributed by atoms with Gasteiger partial charge in [0, 0.05) is 25.8 Å². The lowest BCUT2D eigenvalue weighted by Crippen LogP contribution is -2.21. The Bertz CT molecular complexity index is 621. The largest absolute Gasteiger partial charge is 0.497 e. The minimum Gasteiger partial charge on any atom is -0.497 e. The topological polar surface area (TPSA) is 21.3 Å². The van der Waals surface area contributed by atoms with Crippen LogP contribution in [0.2, 0.25) is 0 Å². The minimum atomic E-state index is 0.526. The summed E-state index contributed by atoms with van der Waals surface area (Å²) in [6.07, 6.45) is 2.71. The Morgan fingerprint density at radius 2 is 2.14 bits per heavy atom. The lowest BCUT2D eigenvalue weighted by atomic mass is 10.1. The summed E-state index contributed by atoms with van der Waals surface area (Å²) in [5.41, 5.74) is 1.21. The maximum atomic E-state index is 5.34. The molecular formula is C17H20BrNOS. The zero-order valence-electron chi connectivity index (χ0n) is 12.4. The molecule has 21 heavy (non-hydrogen) atoms. The van der Waals surface area contributed by atoms with Crippen molar-refractivity contribution >= 4 is 27.3 Å². The van der Waals surface area contributed by atoms with Gasteiger partial charge >= 0.3 is 0 Å². The van der Waals surface area contributed by atoms with Crippen LogP contribution >= 0.6 is 27.3 Å². The maximum absolute atomic E-state index is 5.34. The Morgan fingerprint density at radius 1 is 1.33 bits per heavy atom. The fraction of sp³-hybridized carbons (Fsp3) is 0.412. The van der Waals surface area contributed by atoms with Crippen LogP contribution in [-0.2, 0) is 0 Å². The average molecular weight is 366 g/mol. The third-order valence-electron chi connectivity index (χ3n) is 3.89. The zero-order valence-corrected chi connectivity index (χ0v) is 14.8. The highest BCUT2D eigenvalue weighted by molar-refractivity contribution is 9.10. The van der Waals surface area contributed by atoms with Crippen LogP contribution in [0, 0.1) is 5.92 Å². The first kappa shape index (κ1) is 15.1.